The molecular weight excluding hydrogens is 401 g/mol. The molecule has 1 fully saturated rings. The highest BCUT2D eigenvalue weighted by atomic mass is 19.1. The number of halogens is 1. The van der Waals surface area contributed by atoms with E-state index in [1.54, 1.807) is 24.3 Å². The van der Waals surface area contributed by atoms with Crippen LogP contribution in [0.3, 0.4) is 0 Å². The van der Waals surface area contributed by atoms with Crippen LogP contribution in [-0.2, 0) is 11.3 Å². The number of carbonyl (C=O) groups excluding carboxylic acids is 1. The summed E-state index contributed by atoms with van der Waals surface area (Å²) in [4.78, 5) is 39.4. The number of nitrogens with zero attached hydrogens (tertiary/aromatic N) is 2. The lowest BCUT2D eigenvalue weighted by Gasteiger charge is -2.15. The molecule has 1 aliphatic carbocycles. The average Bonchev–Trinajstić information content (AvgIpc) is 3.40. The molecule has 1 saturated carbocycles. The lowest BCUT2D eigenvalue weighted by molar-refractivity contribution is -0.122. The van der Waals surface area contributed by atoms with Gasteiger partial charge in [-0.15, -0.1) is 0 Å². The molecule has 2 aromatic carbocycles. The molecule has 2 aromatic heterocycles. The molecule has 0 atom stereocenters. The lowest BCUT2D eigenvalue weighted by Crippen LogP contribution is -2.43. The zero-order valence-electron chi connectivity index (χ0n) is 16.6. The summed E-state index contributed by atoms with van der Waals surface area (Å²) in [7, 11) is 0. The molecule has 4 aromatic rings. The predicted molar refractivity (Wildman–Crippen MR) is 114 cm³/mol. The van der Waals surface area contributed by atoms with Gasteiger partial charge in [0.15, 0.2) is 0 Å². The first-order chi connectivity index (χ1) is 15.0. The zero-order valence-corrected chi connectivity index (χ0v) is 16.6. The Labute approximate surface area is 175 Å². The van der Waals surface area contributed by atoms with E-state index in [-0.39, 0.29) is 35.3 Å². The zero-order chi connectivity index (χ0) is 21.5. The maximum atomic E-state index is 13.4. The minimum Gasteiger partial charge on any atom is -0.449 e. The molecule has 158 valence electrons. The molecule has 0 bridgehead atoms. The van der Waals surface area contributed by atoms with Crippen molar-refractivity contribution in [3.05, 3.63) is 75.2 Å². The van der Waals surface area contributed by atoms with Crippen LogP contribution in [0, 0.1) is 5.82 Å². The van der Waals surface area contributed by atoms with Crippen molar-refractivity contribution < 1.29 is 13.6 Å². The number of hydrogen-bond acceptors (Lipinski definition) is 4. The van der Waals surface area contributed by atoms with E-state index in [1.807, 2.05) is 0 Å². The largest absolute Gasteiger partial charge is 0.449 e. The smallest absolute Gasteiger partial charge is 0.336 e. The first-order valence-corrected chi connectivity index (χ1v) is 10.3. The molecule has 31 heavy (non-hydrogen) atoms. The van der Waals surface area contributed by atoms with Crippen molar-refractivity contribution in [3.63, 3.8) is 0 Å². The van der Waals surface area contributed by atoms with E-state index in [1.165, 1.54) is 28.8 Å². The molecule has 0 radical (unpaired) electrons. The fraction of sp³-hybridized carbons (Fsp3) is 0.261. The Morgan fingerprint density at radius 1 is 1.06 bits per heavy atom. The standard InChI is InChI=1S/C23H20FN3O4/c24-14-9-11-16(12-10-14)27-22(29)21-20(17-7-3-4-8-18(17)31-21)26(23(27)30)13-19(28)25-15-5-1-2-6-15/h3-4,7-12,15H,1-2,5-6,13H2,(H,25,28). The van der Waals surface area contributed by atoms with E-state index in [0.717, 1.165) is 30.3 Å². The van der Waals surface area contributed by atoms with Crippen molar-refractivity contribution in [2.45, 2.75) is 38.3 Å². The van der Waals surface area contributed by atoms with E-state index in [9.17, 15) is 18.8 Å². The van der Waals surface area contributed by atoms with E-state index in [0.29, 0.717) is 11.0 Å². The van der Waals surface area contributed by atoms with Gasteiger partial charge >= 0.3 is 11.2 Å². The summed E-state index contributed by atoms with van der Waals surface area (Å²) in [6.07, 6.45) is 3.97. The van der Waals surface area contributed by atoms with Gasteiger partial charge in [0, 0.05) is 11.4 Å². The molecule has 1 aliphatic rings. The predicted octanol–water partition coefficient (Wildman–Crippen LogP) is 3.10. The van der Waals surface area contributed by atoms with E-state index in [4.69, 9.17) is 4.42 Å². The molecule has 0 aliphatic heterocycles. The van der Waals surface area contributed by atoms with Gasteiger partial charge in [-0.1, -0.05) is 25.0 Å². The molecule has 7 nitrogen and oxygen atoms in total. The molecule has 1 N–H and O–H groups in total. The van der Waals surface area contributed by atoms with Crippen LogP contribution >= 0.6 is 0 Å². The van der Waals surface area contributed by atoms with E-state index < -0.39 is 17.1 Å². The fourth-order valence-electron chi connectivity index (χ4n) is 4.30. The fourth-order valence-corrected chi connectivity index (χ4v) is 4.30. The lowest BCUT2D eigenvalue weighted by atomic mass is 10.2. The van der Waals surface area contributed by atoms with Gasteiger partial charge in [0.05, 0.1) is 5.69 Å². The molecule has 0 spiro atoms. The number of para-hydroxylation sites is 1. The highest BCUT2D eigenvalue weighted by molar-refractivity contribution is 6.02. The molecule has 1 amide bonds. The van der Waals surface area contributed by atoms with Gasteiger partial charge in [0.1, 0.15) is 23.5 Å². The van der Waals surface area contributed by atoms with Gasteiger partial charge in [0.25, 0.3) is 0 Å². The van der Waals surface area contributed by atoms with Crippen LogP contribution in [0.5, 0.6) is 0 Å². The molecular formula is C23H20FN3O4. The molecule has 2 heterocycles. The summed E-state index contributed by atoms with van der Waals surface area (Å²) in [5.41, 5.74) is -0.448. The first-order valence-electron chi connectivity index (χ1n) is 10.3. The van der Waals surface area contributed by atoms with Crippen LogP contribution in [0.1, 0.15) is 25.7 Å². The van der Waals surface area contributed by atoms with Gasteiger partial charge in [-0.25, -0.2) is 13.8 Å². The van der Waals surface area contributed by atoms with Crippen molar-refractivity contribution in [2.24, 2.45) is 0 Å². The van der Waals surface area contributed by atoms with Crippen molar-refractivity contribution >= 4 is 28.0 Å². The highest BCUT2D eigenvalue weighted by Crippen LogP contribution is 2.26. The number of aromatic nitrogens is 2. The molecule has 0 saturated heterocycles. The quantitative estimate of drug-likeness (QED) is 0.549. The van der Waals surface area contributed by atoms with E-state index >= 15 is 0 Å². The Hall–Kier alpha value is -3.68. The van der Waals surface area contributed by atoms with Crippen LogP contribution in [0.15, 0.2) is 62.5 Å². The van der Waals surface area contributed by atoms with Crippen LogP contribution in [0.25, 0.3) is 27.8 Å². The first kappa shape index (κ1) is 19.3. The van der Waals surface area contributed by atoms with Crippen molar-refractivity contribution in [1.29, 1.82) is 0 Å². The summed E-state index contributed by atoms with van der Waals surface area (Å²) < 4.78 is 21.3. The maximum Gasteiger partial charge on any atom is 0.336 e. The number of furan rings is 1. The SMILES string of the molecule is O=C(Cn1c(=O)n(-c2ccc(F)cc2)c(=O)c2oc3ccccc3c21)NC1CCCC1. The Morgan fingerprint density at radius 3 is 2.52 bits per heavy atom. The monoisotopic (exact) mass is 421 g/mol. The Bertz CT molecular complexity index is 1410. The normalized spacial score (nSPS) is 14.5. The second-order valence-corrected chi connectivity index (χ2v) is 7.81. The number of hydrogen-bond donors (Lipinski definition) is 1. The Morgan fingerprint density at radius 2 is 1.77 bits per heavy atom. The van der Waals surface area contributed by atoms with Crippen molar-refractivity contribution in [1.82, 2.24) is 14.5 Å². The number of amides is 1. The minimum absolute atomic E-state index is 0.0289. The Balaban J connectivity index is 1.73. The van der Waals surface area contributed by atoms with Crippen LogP contribution in [0.4, 0.5) is 4.39 Å². The number of rotatable bonds is 4. The second kappa shape index (κ2) is 7.54. The van der Waals surface area contributed by atoms with Gasteiger partial charge in [0.2, 0.25) is 11.5 Å². The number of carbonyl (C=O) groups is 1. The highest BCUT2D eigenvalue weighted by Gasteiger charge is 2.23. The van der Waals surface area contributed by atoms with Gasteiger partial charge in [-0.2, -0.15) is 0 Å². The topological polar surface area (TPSA) is 86.2 Å². The summed E-state index contributed by atoms with van der Waals surface area (Å²) in [5.74, 6) is -0.789. The third-order valence-electron chi connectivity index (χ3n) is 5.77. The van der Waals surface area contributed by atoms with Crippen molar-refractivity contribution in [3.8, 4) is 5.69 Å². The van der Waals surface area contributed by atoms with Crippen LogP contribution in [0.2, 0.25) is 0 Å². The Kier molecular flexibility index (Phi) is 4.69. The third-order valence-corrected chi connectivity index (χ3v) is 5.77. The van der Waals surface area contributed by atoms with Crippen LogP contribution in [-0.4, -0.2) is 21.1 Å². The van der Waals surface area contributed by atoms with Gasteiger partial charge < -0.3 is 9.73 Å². The maximum absolute atomic E-state index is 13.4. The van der Waals surface area contributed by atoms with E-state index in [2.05, 4.69) is 5.32 Å². The molecule has 5 rings (SSSR count). The number of nitrogens with one attached hydrogen (secondary N) is 1. The van der Waals surface area contributed by atoms with Gasteiger partial charge in [-0.05, 0) is 49.2 Å². The van der Waals surface area contributed by atoms with Crippen LogP contribution < -0.4 is 16.6 Å². The third kappa shape index (κ3) is 3.34. The summed E-state index contributed by atoms with van der Waals surface area (Å²) in [6.45, 7) is -0.253. The summed E-state index contributed by atoms with van der Waals surface area (Å²) in [5, 5.41) is 3.55. The van der Waals surface area contributed by atoms with Gasteiger partial charge in [-0.3, -0.25) is 14.2 Å². The minimum atomic E-state index is -0.683. The molecule has 0 unspecified atom stereocenters. The number of benzene rings is 2. The number of fused-ring (bicyclic) bond motifs is 3. The molecule has 8 heteroatoms. The van der Waals surface area contributed by atoms with Crippen molar-refractivity contribution in [2.75, 3.05) is 0 Å². The summed E-state index contributed by atoms with van der Waals surface area (Å²) in [6, 6.07) is 12.1. The average molecular weight is 421 g/mol. The summed E-state index contributed by atoms with van der Waals surface area (Å²) >= 11 is 0. The second-order valence-electron chi connectivity index (χ2n) is 7.81.